The molecule has 0 aromatic carbocycles. The zero-order valence-corrected chi connectivity index (χ0v) is 22.4. The number of carbonyl (C=O) groups excluding carboxylic acids is 3. The number of hydrogen-bond acceptors (Lipinski definition) is 9. The van der Waals surface area contributed by atoms with Crippen LogP contribution in [0.1, 0.15) is 58.7 Å². The Kier molecular flexibility index (Phi) is 7.84. The summed E-state index contributed by atoms with van der Waals surface area (Å²) in [5, 5.41) is 16.7. The number of anilines is 1. The number of halogens is 1. The molecule has 4 heterocycles. The maximum Gasteiger partial charge on any atom is 0.314 e. The highest BCUT2D eigenvalue weighted by Crippen LogP contribution is 2.33. The number of aromatic nitrogens is 4. The molecule has 0 spiro atoms. The van der Waals surface area contributed by atoms with E-state index in [1.54, 1.807) is 19.1 Å². The Balaban J connectivity index is 1.30. The maximum atomic E-state index is 13.3. The van der Waals surface area contributed by atoms with Crippen molar-refractivity contribution in [3.8, 4) is 0 Å². The fourth-order valence-electron chi connectivity index (χ4n) is 4.99. The van der Waals surface area contributed by atoms with E-state index < -0.39 is 23.9 Å². The normalized spacial score (nSPS) is 21.1. The summed E-state index contributed by atoms with van der Waals surface area (Å²) in [5.41, 5.74) is 2.34. The van der Waals surface area contributed by atoms with Crippen molar-refractivity contribution in [1.82, 2.24) is 35.7 Å². The Hall–Kier alpha value is -3.90. The van der Waals surface area contributed by atoms with Crippen molar-refractivity contribution in [2.45, 2.75) is 57.2 Å². The van der Waals surface area contributed by atoms with Crippen LogP contribution in [-0.2, 0) is 22.6 Å². The number of likely N-dealkylation sites (N-methyl/N-ethyl adjacent to an activating group) is 1. The number of pyridine rings is 2. The molecule has 3 atom stereocenters. The summed E-state index contributed by atoms with van der Waals surface area (Å²) in [6.07, 6.45) is 3.69. The molecule has 1 saturated carbocycles. The van der Waals surface area contributed by atoms with Crippen LogP contribution < -0.4 is 16.0 Å². The van der Waals surface area contributed by atoms with E-state index in [2.05, 4.69) is 48.1 Å². The van der Waals surface area contributed by atoms with Gasteiger partial charge in [-0.2, -0.15) is 0 Å². The second kappa shape index (κ2) is 11.5. The zero-order chi connectivity index (χ0) is 27.5. The summed E-state index contributed by atoms with van der Waals surface area (Å²) < 4.78 is 5.64. The first-order valence-electron chi connectivity index (χ1n) is 12.8. The standard InChI is InChI=1S/C26H29ClN8O4/c1-14-33-34-26(39-14)15-3-6-19(30-24(37)25(38)32-22-8-5-17(27)12-28-22)21(11-15)31-23(36)20-7-4-16-13-35(2)10-9-18(16)29-20/h4-5,7-8,12,15,19,21H,3,6,9-11,13H2,1-2H3,(H,30,37)(H,31,36)(H,28,32,38)/t15-,19-,21+/m0/s1. The molecular formula is C26H29ClN8O4. The van der Waals surface area contributed by atoms with E-state index in [9.17, 15) is 14.4 Å². The number of carbonyl (C=O) groups is 3. The predicted molar refractivity (Wildman–Crippen MR) is 141 cm³/mol. The number of aryl methyl sites for hydroxylation is 1. The summed E-state index contributed by atoms with van der Waals surface area (Å²) in [7, 11) is 2.05. The van der Waals surface area contributed by atoms with Gasteiger partial charge in [-0.05, 0) is 50.1 Å². The second-order valence-electron chi connectivity index (χ2n) is 9.94. The van der Waals surface area contributed by atoms with Gasteiger partial charge in [-0.1, -0.05) is 17.7 Å². The molecule has 3 amide bonds. The molecule has 0 unspecified atom stereocenters. The molecule has 12 nitrogen and oxygen atoms in total. The second-order valence-corrected chi connectivity index (χ2v) is 10.4. The lowest BCUT2D eigenvalue weighted by molar-refractivity contribution is -0.136. The third-order valence-corrected chi connectivity index (χ3v) is 7.24. The maximum absolute atomic E-state index is 13.3. The number of amides is 3. The minimum absolute atomic E-state index is 0.108. The summed E-state index contributed by atoms with van der Waals surface area (Å²) in [4.78, 5) is 49.4. The molecule has 0 radical (unpaired) electrons. The largest absolute Gasteiger partial charge is 0.425 e. The Morgan fingerprint density at radius 3 is 2.64 bits per heavy atom. The van der Waals surface area contributed by atoms with Gasteiger partial charge in [-0.3, -0.25) is 14.4 Å². The lowest BCUT2D eigenvalue weighted by Crippen LogP contribution is -2.56. The third-order valence-electron chi connectivity index (χ3n) is 7.02. The van der Waals surface area contributed by atoms with Crippen LogP contribution in [0.4, 0.5) is 5.82 Å². The summed E-state index contributed by atoms with van der Waals surface area (Å²) in [6.45, 7) is 3.38. The van der Waals surface area contributed by atoms with Crippen molar-refractivity contribution >= 4 is 35.1 Å². The Morgan fingerprint density at radius 2 is 1.90 bits per heavy atom. The average molecular weight is 553 g/mol. The lowest BCUT2D eigenvalue weighted by atomic mass is 9.82. The number of nitrogens with one attached hydrogen (secondary N) is 3. The van der Waals surface area contributed by atoms with E-state index in [0.29, 0.717) is 41.8 Å². The molecule has 0 bridgehead atoms. The van der Waals surface area contributed by atoms with Gasteiger partial charge in [0.15, 0.2) is 0 Å². The Labute approximate surface area is 229 Å². The van der Waals surface area contributed by atoms with Crippen LogP contribution >= 0.6 is 11.6 Å². The van der Waals surface area contributed by atoms with Gasteiger partial charge < -0.3 is 25.3 Å². The number of fused-ring (bicyclic) bond motifs is 1. The van der Waals surface area contributed by atoms with Gasteiger partial charge in [0.1, 0.15) is 11.5 Å². The van der Waals surface area contributed by atoms with Crippen LogP contribution in [-0.4, -0.2) is 68.5 Å². The molecule has 3 aromatic rings. The molecule has 13 heteroatoms. The monoisotopic (exact) mass is 552 g/mol. The van der Waals surface area contributed by atoms with Crippen molar-refractivity contribution in [2.24, 2.45) is 0 Å². The van der Waals surface area contributed by atoms with Crippen molar-refractivity contribution in [1.29, 1.82) is 0 Å². The highest BCUT2D eigenvalue weighted by molar-refractivity contribution is 6.39. The van der Waals surface area contributed by atoms with Gasteiger partial charge in [-0.25, -0.2) is 9.97 Å². The first kappa shape index (κ1) is 26.7. The van der Waals surface area contributed by atoms with Crippen molar-refractivity contribution in [3.63, 3.8) is 0 Å². The van der Waals surface area contributed by atoms with Gasteiger partial charge in [0.05, 0.1) is 11.1 Å². The van der Waals surface area contributed by atoms with Gasteiger partial charge in [-0.15, -0.1) is 10.2 Å². The van der Waals surface area contributed by atoms with E-state index in [-0.39, 0.29) is 17.6 Å². The van der Waals surface area contributed by atoms with Gasteiger partial charge >= 0.3 is 11.8 Å². The topological polar surface area (TPSA) is 155 Å². The number of hydrogen-bond donors (Lipinski definition) is 3. The molecule has 1 aliphatic heterocycles. The van der Waals surface area contributed by atoms with E-state index in [1.165, 1.54) is 12.3 Å². The molecule has 0 saturated heterocycles. The molecule has 39 heavy (non-hydrogen) atoms. The summed E-state index contributed by atoms with van der Waals surface area (Å²) in [5.74, 6) is -1.02. The van der Waals surface area contributed by atoms with Crippen LogP contribution in [0.15, 0.2) is 34.9 Å². The summed E-state index contributed by atoms with van der Waals surface area (Å²) in [6, 6.07) is 5.70. The fraction of sp³-hybridized carbons (Fsp3) is 0.423. The van der Waals surface area contributed by atoms with Crippen molar-refractivity contribution in [3.05, 3.63) is 64.2 Å². The molecule has 204 valence electrons. The molecule has 5 rings (SSSR count). The van der Waals surface area contributed by atoms with E-state index in [0.717, 1.165) is 30.8 Å². The quantitative estimate of drug-likeness (QED) is 0.403. The minimum Gasteiger partial charge on any atom is -0.425 e. The molecule has 1 fully saturated rings. The van der Waals surface area contributed by atoms with Crippen LogP contribution in [0, 0.1) is 6.92 Å². The van der Waals surface area contributed by atoms with Crippen molar-refractivity contribution in [2.75, 3.05) is 18.9 Å². The highest BCUT2D eigenvalue weighted by Gasteiger charge is 2.36. The van der Waals surface area contributed by atoms with Crippen LogP contribution in [0.25, 0.3) is 0 Å². The molecule has 3 aromatic heterocycles. The lowest BCUT2D eigenvalue weighted by Gasteiger charge is -2.35. The average Bonchev–Trinajstić information content (AvgIpc) is 3.36. The van der Waals surface area contributed by atoms with Crippen LogP contribution in [0.3, 0.4) is 0 Å². The number of rotatable bonds is 5. The zero-order valence-electron chi connectivity index (χ0n) is 21.6. The summed E-state index contributed by atoms with van der Waals surface area (Å²) >= 11 is 5.83. The van der Waals surface area contributed by atoms with Gasteiger partial charge in [0.2, 0.25) is 11.8 Å². The first-order valence-corrected chi connectivity index (χ1v) is 13.1. The Bertz CT molecular complexity index is 1380. The fourth-order valence-corrected chi connectivity index (χ4v) is 5.10. The number of nitrogens with zero attached hydrogens (tertiary/aromatic N) is 5. The van der Waals surface area contributed by atoms with Gasteiger partial charge in [0.25, 0.3) is 5.91 Å². The van der Waals surface area contributed by atoms with E-state index in [4.69, 9.17) is 16.0 Å². The van der Waals surface area contributed by atoms with Crippen LogP contribution in [0.2, 0.25) is 5.02 Å². The smallest absolute Gasteiger partial charge is 0.314 e. The van der Waals surface area contributed by atoms with Crippen molar-refractivity contribution < 1.29 is 18.8 Å². The SMILES string of the molecule is Cc1nnc([C@H]2CC[C@H](NC(=O)C(=O)Nc3ccc(Cl)cn3)[C@H](NC(=O)c3ccc4c(n3)CCN(C)C4)C2)o1. The van der Waals surface area contributed by atoms with E-state index in [1.807, 2.05) is 6.07 Å². The molecule has 2 aliphatic rings. The molecule has 3 N–H and O–H groups in total. The third kappa shape index (κ3) is 6.40. The highest BCUT2D eigenvalue weighted by atomic mass is 35.5. The van der Waals surface area contributed by atoms with Gasteiger partial charge in [0, 0.05) is 50.3 Å². The first-order chi connectivity index (χ1) is 18.7. The predicted octanol–water partition coefficient (Wildman–Crippen LogP) is 2.00. The molecular weight excluding hydrogens is 524 g/mol. The minimum atomic E-state index is -0.870. The molecule has 1 aliphatic carbocycles. The Morgan fingerprint density at radius 1 is 1.05 bits per heavy atom. The van der Waals surface area contributed by atoms with Crippen LogP contribution in [0.5, 0.6) is 0 Å². The van der Waals surface area contributed by atoms with E-state index >= 15 is 0 Å².